The summed E-state index contributed by atoms with van der Waals surface area (Å²) in [6.07, 6.45) is 0. The van der Waals surface area contributed by atoms with Gasteiger partial charge >= 0.3 is 231 Å². The molecule has 0 fully saturated rings. The molecule has 0 bridgehead atoms. The Kier molecular flexibility index (Phi) is 11.6. The molecule has 0 spiro atoms. The largest absolute Gasteiger partial charge is 1.00 e. The van der Waals surface area contributed by atoms with Gasteiger partial charge in [-0.15, -0.1) is 0 Å². The molecular weight excluding hydrogens is 599 g/mol. The van der Waals surface area contributed by atoms with Crippen LogP contribution in [0.3, 0.4) is 0 Å². The molecule has 0 saturated heterocycles. The quantitative estimate of drug-likeness (QED) is 0.403. The Bertz CT molecular complexity index is 1230. The maximum absolute atomic E-state index is 2.52. The van der Waals surface area contributed by atoms with Gasteiger partial charge in [-0.2, -0.15) is 0 Å². The van der Waals surface area contributed by atoms with Gasteiger partial charge in [0.25, 0.3) is 0 Å². The van der Waals surface area contributed by atoms with Gasteiger partial charge in [-0.25, -0.2) is 0 Å². The molecule has 2 aliphatic carbocycles. The topological polar surface area (TPSA) is 0 Å². The van der Waals surface area contributed by atoms with Gasteiger partial charge in [0, 0.05) is 0 Å². The number of fused-ring (bicyclic) bond motifs is 2. The third-order valence-electron chi connectivity index (χ3n) is 9.50. The SMILES string of the molecule is CC[Si](CC)=[Zr+2]([CH]1C(C)=C(C)c2c(C(C)C)ccc(C)c21)[CH]1C(C)=C(C)c2c(C(C)C)ccc(C)c21.[Cl-].[Cl-]. The molecule has 0 N–H and O–H groups in total. The zero-order chi connectivity index (χ0) is 26.6. The fourth-order valence-electron chi connectivity index (χ4n) is 7.30. The van der Waals surface area contributed by atoms with E-state index in [-0.39, 0.29) is 24.8 Å². The first-order valence-electron chi connectivity index (χ1n) is 14.3. The average molecular weight is 647 g/mol. The second kappa shape index (κ2) is 13.1. The molecule has 4 heteroatoms. The van der Waals surface area contributed by atoms with E-state index >= 15 is 0 Å². The van der Waals surface area contributed by atoms with Gasteiger partial charge in [0.05, 0.1) is 0 Å². The minimum Gasteiger partial charge on any atom is -1.00 e. The van der Waals surface area contributed by atoms with E-state index in [1.54, 1.807) is 66.8 Å². The van der Waals surface area contributed by atoms with Crippen LogP contribution in [-0.4, -0.2) is 5.43 Å². The first kappa shape index (κ1) is 33.8. The summed E-state index contributed by atoms with van der Waals surface area (Å²) in [6, 6.07) is 12.6. The van der Waals surface area contributed by atoms with Crippen molar-refractivity contribution in [1.29, 1.82) is 0 Å². The molecule has 0 aliphatic heterocycles. The van der Waals surface area contributed by atoms with Gasteiger partial charge in [0.2, 0.25) is 0 Å². The summed E-state index contributed by atoms with van der Waals surface area (Å²) in [6.45, 7) is 29.3. The number of allylic oxidation sites excluding steroid dienone is 4. The van der Waals surface area contributed by atoms with Crippen LogP contribution in [0.15, 0.2) is 35.4 Å². The van der Waals surface area contributed by atoms with Crippen molar-refractivity contribution in [2.75, 3.05) is 0 Å². The van der Waals surface area contributed by atoms with Crippen LogP contribution in [0, 0.1) is 13.8 Å². The Morgan fingerprint density at radius 3 is 1.26 bits per heavy atom. The standard InChI is InChI=1S/2C15H19.C4H10Si.2ClH.Zr/c2*1-9(2)13-7-6-10(3)14-8-11(4)12(5)15(13)14;1-3-5-4-2;;;/h2*6-9H,1-5H3;3-4H2,1-2H3;2*1H;/q;;;;;+2/p-2. The van der Waals surface area contributed by atoms with Gasteiger partial charge in [0.15, 0.2) is 0 Å². The maximum Gasteiger partial charge on any atom is -1.00 e. The first-order chi connectivity index (χ1) is 17.0. The molecule has 4 rings (SSSR count). The Morgan fingerprint density at radius 2 is 0.974 bits per heavy atom. The van der Waals surface area contributed by atoms with Crippen molar-refractivity contribution in [2.45, 2.75) is 114 Å². The Balaban J connectivity index is 0.00000253. The molecule has 38 heavy (non-hydrogen) atoms. The van der Waals surface area contributed by atoms with E-state index < -0.39 is 25.8 Å². The van der Waals surface area contributed by atoms with Gasteiger partial charge in [-0.05, 0) is 0 Å². The summed E-state index contributed by atoms with van der Waals surface area (Å²) in [4.78, 5) is 0. The summed E-state index contributed by atoms with van der Waals surface area (Å²) in [5, 5.41) is 0. The summed E-state index contributed by atoms with van der Waals surface area (Å²) in [5.41, 5.74) is 19.3. The number of aryl methyl sites for hydroxylation is 2. The second-order valence-corrected chi connectivity index (χ2v) is 28.4. The molecule has 0 nitrogen and oxygen atoms in total. The van der Waals surface area contributed by atoms with Crippen molar-refractivity contribution in [3.05, 3.63) is 79.9 Å². The molecule has 2 aromatic rings. The molecular formula is C34H48Cl2SiZr. The molecule has 0 saturated carbocycles. The van der Waals surface area contributed by atoms with Crippen LogP contribution < -0.4 is 24.8 Å². The van der Waals surface area contributed by atoms with Gasteiger partial charge in [0.1, 0.15) is 0 Å². The van der Waals surface area contributed by atoms with Crippen LogP contribution in [0.4, 0.5) is 0 Å². The molecule has 0 amide bonds. The summed E-state index contributed by atoms with van der Waals surface area (Å²) >= 11 is -2.12. The molecule has 2 aromatic carbocycles. The number of hydrogen-bond acceptors (Lipinski definition) is 0. The van der Waals surface area contributed by atoms with Crippen LogP contribution in [0.1, 0.15) is 133 Å². The second-order valence-electron chi connectivity index (χ2n) is 12.1. The minimum atomic E-state index is -2.12. The molecule has 206 valence electrons. The van der Waals surface area contributed by atoms with E-state index in [0.29, 0.717) is 11.8 Å². The van der Waals surface area contributed by atoms with Crippen LogP contribution in [0.2, 0.25) is 12.1 Å². The summed E-state index contributed by atoms with van der Waals surface area (Å²) in [7, 11) is 0. The van der Waals surface area contributed by atoms with Crippen molar-refractivity contribution in [3.8, 4) is 0 Å². The molecule has 2 aliphatic rings. The molecule has 2 atom stereocenters. The fraction of sp³-hybridized carbons (Fsp3) is 0.529. The molecule has 0 radical (unpaired) electrons. The van der Waals surface area contributed by atoms with Crippen LogP contribution in [0.25, 0.3) is 11.1 Å². The zero-order valence-corrected chi connectivity index (χ0v) is 30.8. The number of benzene rings is 2. The van der Waals surface area contributed by atoms with E-state index in [9.17, 15) is 0 Å². The molecule has 2 unspecified atom stereocenters. The number of rotatable bonds is 6. The third-order valence-corrected chi connectivity index (χ3v) is 33.3. The van der Waals surface area contributed by atoms with E-state index in [0.717, 1.165) is 7.25 Å². The van der Waals surface area contributed by atoms with E-state index in [4.69, 9.17) is 0 Å². The first-order valence-corrected chi connectivity index (χ1v) is 22.8. The normalized spacial score (nSPS) is 17.8. The van der Waals surface area contributed by atoms with Crippen molar-refractivity contribution in [3.63, 3.8) is 0 Å². The zero-order valence-electron chi connectivity index (χ0n) is 25.8. The van der Waals surface area contributed by atoms with Gasteiger partial charge in [-0.1, -0.05) is 0 Å². The predicted octanol–water partition coefficient (Wildman–Crippen LogP) is 4.60. The van der Waals surface area contributed by atoms with Crippen LogP contribution >= 0.6 is 0 Å². The fourth-order valence-corrected chi connectivity index (χ4v) is 33.3. The van der Waals surface area contributed by atoms with Crippen molar-refractivity contribution in [1.82, 2.24) is 0 Å². The van der Waals surface area contributed by atoms with E-state index in [1.807, 2.05) is 0 Å². The van der Waals surface area contributed by atoms with Crippen molar-refractivity contribution in [2.24, 2.45) is 0 Å². The Hall–Kier alpha value is -0.400. The van der Waals surface area contributed by atoms with Crippen LogP contribution in [0.5, 0.6) is 0 Å². The number of halogens is 2. The maximum atomic E-state index is 2.52. The van der Waals surface area contributed by atoms with Crippen molar-refractivity contribution < 1.29 is 45.2 Å². The van der Waals surface area contributed by atoms with Crippen LogP contribution in [-0.2, 0) is 20.4 Å². The minimum absolute atomic E-state index is 0. The third kappa shape index (κ3) is 5.31. The monoisotopic (exact) mass is 644 g/mol. The molecule has 0 heterocycles. The van der Waals surface area contributed by atoms with Crippen molar-refractivity contribution >= 4 is 16.6 Å². The molecule has 0 aromatic heterocycles. The van der Waals surface area contributed by atoms with Gasteiger partial charge < -0.3 is 24.8 Å². The van der Waals surface area contributed by atoms with E-state index in [1.165, 1.54) is 12.1 Å². The summed E-state index contributed by atoms with van der Waals surface area (Å²) in [5.74, 6) is 1.14. The Morgan fingerprint density at radius 1 is 0.632 bits per heavy atom. The average Bonchev–Trinajstić information content (AvgIpc) is 3.24. The Labute approximate surface area is 254 Å². The number of hydrogen-bond donors (Lipinski definition) is 0. The predicted molar refractivity (Wildman–Crippen MR) is 159 cm³/mol. The summed E-state index contributed by atoms with van der Waals surface area (Å²) < 4.78 is 1.46. The van der Waals surface area contributed by atoms with Gasteiger partial charge in [-0.3, -0.25) is 0 Å². The smallest absolute Gasteiger partial charge is 1.00 e. The van der Waals surface area contributed by atoms with E-state index in [2.05, 4.69) is 107 Å².